The first kappa shape index (κ1) is 12.7. The van der Waals surface area contributed by atoms with Crippen LogP contribution in [0.15, 0.2) is 11.4 Å². The first-order valence-electron chi connectivity index (χ1n) is 6.74. The van der Waals surface area contributed by atoms with Crippen molar-refractivity contribution in [3.05, 3.63) is 16.3 Å². The summed E-state index contributed by atoms with van der Waals surface area (Å²) in [5.74, 6) is 1.03. The molecule has 2 fully saturated rings. The summed E-state index contributed by atoms with van der Waals surface area (Å²) in [5.41, 5.74) is 0.436. The standard InChI is InChI=1S/C14H17NO3S/c16-12(7-10-6-8-1-2-9(10)5-8)15-11-3-4-19-13(11)14(17)18/h3-4,8-10H,1-2,5-7H2,(H,15,16)(H,17,18). The third kappa shape index (κ3) is 2.52. The van der Waals surface area contributed by atoms with Gasteiger partial charge in [-0.3, -0.25) is 4.79 Å². The average Bonchev–Trinajstić information content (AvgIpc) is 3.03. The molecule has 1 aromatic heterocycles. The molecule has 2 saturated carbocycles. The number of thiophene rings is 1. The highest BCUT2D eigenvalue weighted by Gasteiger charge is 2.40. The number of carbonyl (C=O) groups is 2. The predicted octanol–water partition coefficient (Wildman–Crippen LogP) is 3.21. The minimum absolute atomic E-state index is 0.0431. The van der Waals surface area contributed by atoms with Gasteiger partial charge in [0.2, 0.25) is 5.91 Å². The van der Waals surface area contributed by atoms with Crippen LogP contribution in [-0.2, 0) is 4.79 Å². The Balaban J connectivity index is 1.59. The Morgan fingerprint density at radius 3 is 2.84 bits per heavy atom. The second-order valence-corrected chi connectivity index (χ2v) is 6.57. The Morgan fingerprint density at radius 1 is 1.37 bits per heavy atom. The highest BCUT2D eigenvalue weighted by atomic mass is 32.1. The Hall–Kier alpha value is -1.36. The number of amides is 1. The molecule has 2 aliphatic rings. The molecule has 102 valence electrons. The molecule has 0 aromatic carbocycles. The smallest absolute Gasteiger partial charge is 0.348 e. The van der Waals surface area contributed by atoms with Crippen molar-refractivity contribution in [2.45, 2.75) is 32.1 Å². The SMILES string of the molecule is O=C(CC1CC2CCC1C2)Nc1ccsc1C(=O)O. The van der Waals surface area contributed by atoms with E-state index in [0.29, 0.717) is 18.0 Å². The number of carboxylic acids is 1. The fourth-order valence-corrected chi connectivity index (χ4v) is 4.33. The van der Waals surface area contributed by atoms with E-state index in [-0.39, 0.29) is 10.8 Å². The number of nitrogens with one attached hydrogen (secondary N) is 1. The molecule has 5 heteroatoms. The van der Waals surface area contributed by atoms with Gasteiger partial charge in [0.25, 0.3) is 0 Å². The van der Waals surface area contributed by atoms with Gasteiger partial charge in [-0.2, -0.15) is 0 Å². The Morgan fingerprint density at radius 2 is 2.21 bits per heavy atom. The first-order valence-corrected chi connectivity index (χ1v) is 7.62. The fraction of sp³-hybridized carbons (Fsp3) is 0.571. The van der Waals surface area contributed by atoms with Crippen LogP contribution >= 0.6 is 11.3 Å². The maximum atomic E-state index is 12.0. The van der Waals surface area contributed by atoms with E-state index in [1.165, 1.54) is 25.7 Å². The minimum atomic E-state index is -0.981. The lowest BCUT2D eigenvalue weighted by Gasteiger charge is -2.20. The Labute approximate surface area is 115 Å². The van der Waals surface area contributed by atoms with Gasteiger partial charge < -0.3 is 10.4 Å². The van der Waals surface area contributed by atoms with Crippen molar-refractivity contribution >= 4 is 28.9 Å². The van der Waals surface area contributed by atoms with Crippen molar-refractivity contribution in [3.63, 3.8) is 0 Å². The molecule has 1 aromatic rings. The molecule has 0 radical (unpaired) electrons. The molecule has 3 unspecified atom stereocenters. The minimum Gasteiger partial charge on any atom is -0.477 e. The van der Waals surface area contributed by atoms with E-state index in [0.717, 1.165) is 23.2 Å². The molecule has 3 rings (SSSR count). The number of aromatic carboxylic acids is 1. The lowest BCUT2D eigenvalue weighted by Crippen LogP contribution is -2.20. The van der Waals surface area contributed by atoms with Crippen LogP contribution in [0.3, 0.4) is 0 Å². The zero-order valence-corrected chi connectivity index (χ0v) is 11.4. The molecule has 4 nitrogen and oxygen atoms in total. The number of carboxylic acid groups (broad SMARTS) is 1. The number of rotatable bonds is 4. The highest BCUT2D eigenvalue weighted by molar-refractivity contribution is 7.12. The molecule has 0 spiro atoms. The van der Waals surface area contributed by atoms with Gasteiger partial charge in [-0.15, -0.1) is 11.3 Å². The fourth-order valence-electron chi connectivity index (χ4n) is 3.64. The summed E-state index contributed by atoms with van der Waals surface area (Å²) in [5, 5.41) is 13.4. The van der Waals surface area contributed by atoms with Crippen molar-refractivity contribution < 1.29 is 14.7 Å². The molecule has 1 amide bonds. The van der Waals surface area contributed by atoms with E-state index in [1.54, 1.807) is 11.4 Å². The zero-order valence-electron chi connectivity index (χ0n) is 10.6. The topological polar surface area (TPSA) is 66.4 Å². The second kappa shape index (κ2) is 4.96. The number of anilines is 1. The van der Waals surface area contributed by atoms with Gasteiger partial charge in [0.15, 0.2) is 0 Å². The summed E-state index contributed by atoms with van der Waals surface area (Å²) in [4.78, 5) is 23.2. The first-order chi connectivity index (χ1) is 9.13. The van der Waals surface area contributed by atoms with Crippen molar-refractivity contribution in [2.75, 3.05) is 5.32 Å². The summed E-state index contributed by atoms with van der Waals surface area (Å²) in [6, 6.07) is 1.66. The van der Waals surface area contributed by atoms with Crippen molar-refractivity contribution in [2.24, 2.45) is 17.8 Å². The van der Waals surface area contributed by atoms with Crippen LogP contribution in [0, 0.1) is 17.8 Å². The molecule has 0 saturated heterocycles. The number of fused-ring (bicyclic) bond motifs is 2. The van der Waals surface area contributed by atoms with E-state index >= 15 is 0 Å². The summed E-state index contributed by atoms with van der Waals surface area (Å²) in [6.07, 6.45) is 5.60. The molecule has 2 bridgehead atoms. The summed E-state index contributed by atoms with van der Waals surface area (Å²) in [6.45, 7) is 0. The summed E-state index contributed by atoms with van der Waals surface area (Å²) < 4.78 is 0. The van der Waals surface area contributed by atoms with Crippen LogP contribution < -0.4 is 5.32 Å². The number of hydrogen-bond donors (Lipinski definition) is 2. The van der Waals surface area contributed by atoms with E-state index in [2.05, 4.69) is 5.32 Å². The monoisotopic (exact) mass is 279 g/mol. The molecule has 0 aliphatic heterocycles. The molecule has 2 aliphatic carbocycles. The molecular weight excluding hydrogens is 262 g/mol. The van der Waals surface area contributed by atoms with E-state index < -0.39 is 5.97 Å². The van der Waals surface area contributed by atoms with Gasteiger partial charge >= 0.3 is 5.97 Å². The van der Waals surface area contributed by atoms with Crippen LogP contribution in [0.4, 0.5) is 5.69 Å². The molecule has 2 N–H and O–H groups in total. The highest BCUT2D eigenvalue weighted by Crippen LogP contribution is 2.49. The van der Waals surface area contributed by atoms with Crippen molar-refractivity contribution in [1.29, 1.82) is 0 Å². The van der Waals surface area contributed by atoms with Crippen LogP contribution in [0.2, 0.25) is 0 Å². The maximum Gasteiger partial charge on any atom is 0.348 e. The van der Waals surface area contributed by atoms with Gasteiger partial charge in [0.05, 0.1) is 5.69 Å². The van der Waals surface area contributed by atoms with Crippen molar-refractivity contribution in [1.82, 2.24) is 0 Å². The van der Waals surface area contributed by atoms with Gasteiger partial charge in [0.1, 0.15) is 4.88 Å². The summed E-state index contributed by atoms with van der Waals surface area (Å²) in [7, 11) is 0. The Kier molecular flexibility index (Phi) is 3.31. The number of hydrogen-bond acceptors (Lipinski definition) is 3. The van der Waals surface area contributed by atoms with Crippen molar-refractivity contribution in [3.8, 4) is 0 Å². The number of carbonyl (C=O) groups excluding carboxylic acids is 1. The van der Waals surface area contributed by atoms with E-state index in [9.17, 15) is 9.59 Å². The summed E-state index contributed by atoms with van der Waals surface area (Å²) >= 11 is 1.14. The lowest BCUT2D eigenvalue weighted by molar-refractivity contribution is -0.117. The zero-order chi connectivity index (χ0) is 13.4. The van der Waals surface area contributed by atoms with Crippen LogP contribution in [0.5, 0.6) is 0 Å². The quantitative estimate of drug-likeness (QED) is 0.889. The Bertz CT molecular complexity index is 511. The lowest BCUT2D eigenvalue weighted by atomic mass is 9.86. The van der Waals surface area contributed by atoms with Gasteiger partial charge in [-0.05, 0) is 48.5 Å². The van der Waals surface area contributed by atoms with Crippen LogP contribution in [0.1, 0.15) is 41.8 Å². The van der Waals surface area contributed by atoms with E-state index in [1.807, 2.05) is 0 Å². The normalized spacial score (nSPS) is 28.5. The largest absolute Gasteiger partial charge is 0.477 e. The third-order valence-electron chi connectivity index (χ3n) is 4.47. The maximum absolute atomic E-state index is 12.0. The predicted molar refractivity (Wildman–Crippen MR) is 73.5 cm³/mol. The van der Waals surface area contributed by atoms with Crippen LogP contribution in [0.25, 0.3) is 0 Å². The second-order valence-electron chi connectivity index (χ2n) is 5.66. The molecular formula is C14H17NO3S. The molecule has 1 heterocycles. The molecule has 19 heavy (non-hydrogen) atoms. The van der Waals surface area contributed by atoms with Gasteiger partial charge in [0, 0.05) is 6.42 Å². The van der Waals surface area contributed by atoms with Gasteiger partial charge in [-0.25, -0.2) is 4.79 Å². The van der Waals surface area contributed by atoms with Gasteiger partial charge in [-0.1, -0.05) is 6.42 Å². The molecule has 3 atom stereocenters. The van der Waals surface area contributed by atoms with Crippen LogP contribution in [-0.4, -0.2) is 17.0 Å². The third-order valence-corrected chi connectivity index (χ3v) is 5.37. The average molecular weight is 279 g/mol. The van der Waals surface area contributed by atoms with E-state index in [4.69, 9.17) is 5.11 Å².